The number of rotatable bonds is 2. The number of hydrogen-bond acceptors (Lipinski definition) is 3. The average molecular weight is 643 g/mol. The van der Waals surface area contributed by atoms with Crippen molar-refractivity contribution in [2.75, 3.05) is 9.80 Å². The van der Waals surface area contributed by atoms with Crippen LogP contribution in [0, 0.1) is 0 Å². The molecule has 230 valence electrons. The lowest BCUT2D eigenvalue weighted by Crippen LogP contribution is -2.61. The molecule has 0 spiro atoms. The third kappa shape index (κ3) is 3.52. The number of para-hydroxylation sites is 2. The lowest BCUT2D eigenvalue weighted by Gasteiger charge is -2.44. The van der Waals surface area contributed by atoms with Crippen LogP contribution in [0.3, 0.4) is 0 Å². The van der Waals surface area contributed by atoms with Gasteiger partial charge in [0.1, 0.15) is 0 Å². The highest BCUT2D eigenvalue weighted by atomic mass is 32.1. The third-order valence-corrected chi connectivity index (χ3v) is 12.4. The molecule has 0 saturated carbocycles. The summed E-state index contributed by atoms with van der Waals surface area (Å²) in [5, 5.41) is 2.64. The minimum atomic E-state index is -0.140. The summed E-state index contributed by atoms with van der Waals surface area (Å²) < 4.78 is 2.65. The highest BCUT2D eigenvalue weighted by Crippen LogP contribution is 2.55. The molecule has 0 unspecified atom stereocenters. The molecule has 3 heterocycles. The molecule has 0 radical (unpaired) electrons. The highest BCUT2D eigenvalue weighted by molar-refractivity contribution is 7.26. The Hall–Kier alpha value is -5.58. The molecule has 0 atom stereocenters. The van der Waals surface area contributed by atoms with Gasteiger partial charge < -0.3 is 9.80 Å². The largest absolute Gasteiger partial charge is 0.311 e. The van der Waals surface area contributed by atoms with Gasteiger partial charge in [0.25, 0.3) is 6.71 Å². The van der Waals surface area contributed by atoms with Crippen LogP contribution in [-0.4, -0.2) is 6.71 Å². The van der Waals surface area contributed by atoms with E-state index in [1.54, 1.807) is 0 Å². The first-order chi connectivity index (χ1) is 24.1. The minimum absolute atomic E-state index is 0.120. The lowest BCUT2D eigenvalue weighted by atomic mass is 9.33. The predicted octanol–water partition coefficient (Wildman–Crippen LogP) is 10.4. The fourth-order valence-corrected chi connectivity index (χ4v) is 10.5. The summed E-state index contributed by atoms with van der Waals surface area (Å²) in [6.07, 6.45) is 0. The Labute approximate surface area is 290 Å². The van der Waals surface area contributed by atoms with Crippen LogP contribution in [0.4, 0.5) is 34.1 Å². The van der Waals surface area contributed by atoms with Crippen molar-refractivity contribution in [2.24, 2.45) is 0 Å². The van der Waals surface area contributed by atoms with Gasteiger partial charge in [-0.25, -0.2) is 0 Å². The maximum absolute atomic E-state index is 2.57. The monoisotopic (exact) mass is 642 g/mol. The molecule has 7 aromatic carbocycles. The molecular weight excluding hydrogens is 611 g/mol. The van der Waals surface area contributed by atoms with Crippen molar-refractivity contribution in [1.29, 1.82) is 0 Å². The van der Waals surface area contributed by atoms with Crippen LogP contribution in [-0.2, 0) is 5.41 Å². The molecule has 49 heavy (non-hydrogen) atoms. The zero-order chi connectivity index (χ0) is 32.4. The van der Waals surface area contributed by atoms with E-state index in [4.69, 9.17) is 0 Å². The molecule has 11 rings (SSSR count). The summed E-state index contributed by atoms with van der Waals surface area (Å²) in [6, 6.07) is 56.6. The van der Waals surface area contributed by atoms with E-state index >= 15 is 0 Å². The van der Waals surface area contributed by atoms with Gasteiger partial charge in [-0.3, -0.25) is 0 Å². The summed E-state index contributed by atoms with van der Waals surface area (Å²) in [7, 11) is 0. The second-order valence-electron chi connectivity index (χ2n) is 14.1. The van der Waals surface area contributed by atoms with Gasteiger partial charge in [-0.15, -0.1) is 11.3 Å². The van der Waals surface area contributed by atoms with Crippen molar-refractivity contribution < 1.29 is 0 Å². The molecule has 0 saturated heterocycles. The molecule has 0 N–H and O–H groups in total. The first-order valence-corrected chi connectivity index (χ1v) is 18.0. The first-order valence-electron chi connectivity index (χ1n) is 17.2. The molecule has 3 aliphatic rings. The molecule has 1 aliphatic carbocycles. The van der Waals surface area contributed by atoms with Gasteiger partial charge in [-0.2, -0.15) is 0 Å². The number of thiophene rings is 1. The van der Waals surface area contributed by atoms with Gasteiger partial charge in [-0.05, 0) is 81.1 Å². The van der Waals surface area contributed by atoms with Crippen LogP contribution in [0.5, 0.6) is 0 Å². The van der Waals surface area contributed by atoms with Crippen LogP contribution < -0.4 is 26.2 Å². The molecule has 1 aromatic heterocycles. The molecule has 8 aromatic rings. The molecular formula is C45H31BN2S. The normalized spacial score (nSPS) is 14.8. The standard InChI is InChI=1S/C45H31BN2S/c1-45(2)32-18-5-3-14-28(32)30-16-11-23-37(42(30)45)47-35-21-8-6-19-33(35)46-34-20-7-9-22-36(34)48(39-25-13-24-38(47)43(39)46)40-26-12-17-31-29-15-4-10-27-41(29)49-44(31)40/h3-27H,1-2H3. The third-order valence-electron chi connectivity index (χ3n) is 11.2. The Bertz CT molecular complexity index is 2690. The molecule has 0 amide bonds. The van der Waals surface area contributed by atoms with E-state index in [0.717, 1.165) is 0 Å². The van der Waals surface area contributed by atoms with E-state index in [2.05, 4.69) is 175 Å². The topological polar surface area (TPSA) is 6.48 Å². The van der Waals surface area contributed by atoms with E-state index in [1.165, 1.54) is 92.9 Å². The smallest absolute Gasteiger partial charge is 0.252 e. The molecule has 0 fully saturated rings. The summed E-state index contributed by atoms with van der Waals surface area (Å²) >= 11 is 1.90. The SMILES string of the molecule is CC1(C)c2ccccc2-c2cccc(N3c4ccccc4B4c5ccccc5N(c5cccc6c5sc5ccccc56)c5cccc3c54)c21. The van der Waals surface area contributed by atoms with E-state index in [1.807, 2.05) is 11.3 Å². The van der Waals surface area contributed by atoms with Gasteiger partial charge in [0.15, 0.2) is 0 Å². The van der Waals surface area contributed by atoms with Gasteiger partial charge in [0.05, 0.1) is 16.1 Å². The maximum Gasteiger partial charge on any atom is 0.252 e. The quantitative estimate of drug-likeness (QED) is 0.173. The molecule has 0 bridgehead atoms. The second kappa shape index (κ2) is 9.75. The number of anilines is 6. The minimum Gasteiger partial charge on any atom is -0.311 e. The van der Waals surface area contributed by atoms with Crippen molar-refractivity contribution in [1.82, 2.24) is 0 Å². The molecule has 2 aliphatic heterocycles. The zero-order valence-corrected chi connectivity index (χ0v) is 28.1. The molecule has 2 nitrogen and oxygen atoms in total. The average Bonchev–Trinajstić information content (AvgIpc) is 3.64. The Kier molecular flexibility index (Phi) is 5.45. The summed E-state index contributed by atoms with van der Waals surface area (Å²) in [5.41, 5.74) is 16.9. The number of nitrogens with zero attached hydrogens (tertiary/aromatic N) is 2. The van der Waals surface area contributed by atoms with E-state index in [9.17, 15) is 0 Å². The van der Waals surface area contributed by atoms with Crippen LogP contribution in [0.1, 0.15) is 25.0 Å². The highest BCUT2D eigenvalue weighted by Gasteiger charge is 2.45. The van der Waals surface area contributed by atoms with Crippen molar-refractivity contribution in [2.45, 2.75) is 19.3 Å². The Morgan fingerprint density at radius 3 is 1.80 bits per heavy atom. The van der Waals surface area contributed by atoms with Crippen LogP contribution >= 0.6 is 11.3 Å². The van der Waals surface area contributed by atoms with Crippen molar-refractivity contribution in [3.63, 3.8) is 0 Å². The van der Waals surface area contributed by atoms with E-state index < -0.39 is 0 Å². The van der Waals surface area contributed by atoms with Crippen LogP contribution in [0.15, 0.2) is 152 Å². The number of benzene rings is 7. The fraction of sp³-hybridized carbons (Fsp3) is 0.0667. The van der Waals surface area contributed by atoms with Gasteiger partial charge >= 0.3 is 0 Å². The number of fused-ring (bicyclic) bond motifs is 10. The van der Waals surface area contributed by atoms with Gasteiger partial charge in [0, 0.05) is 43.6 Å². The molecule has 4 heteroatoms. The second-order valence-corrected chi connectivity index (χ2v) is 15.1. The van der Waals surface area contributed by atoms with E-state index in [-0.39, 0.29) is 12.1 Å². The van der Waals surface area contributed by atoms with Crippen molar-refractivity contribution >= 4 is 88.7 Å². The van der Waals surface area contributed by atoms with Crippen LogP contribution in [0.25, 0.3) is 31.3 Å². The summed E-state index contributed by atoms with van der Waals surface area (Å²) in [6.45, 7) is 4.91. The number of hydrogen-bond donors (Lipinski definition) is 0. The summed E-state index contributed by atoms with van der Waals surface area (Å²) in [4.78, 5) is 5.12. The van der Waals surface area contributed by atoms with E-state index in [0.29, 0.717) is 0 Å². The Balaban J connectivity index is 1.22. The Morgan fingerprint density at radius 2 is 1.00 bits per heavy atom. The lowest BCUT2D eigenvalue weighted by molar-refractivity contribution is 0.661. The fourth-order valence-electron chi connectivity index (χ4n) is 9.27. The predicted molar refractivity (Wildman–Crippen MR) is 211 cm³/mol. The summed E-state index contributed by atoms with van der Waals surface area (Å²) in [5.74, 6) is 0. The van der Waals surface area contributed by atoms with Gasteiger partial charge in [-0.1, -0.05) is 123 Å². The first kappa shape index (κ1) is 27.4. The van der Waals surface area contributed by atoms with Crippen molar-refractivity contribution in [3.8, 4) is 11.1 Å². The maximum atomic E-state index is 2.57. The van der Waals surface area contributed by atoms with Gasteiger partial charge in [0.2, 0.25) is 0 Å². The zero-order valence-electron chi connectivity index (χ0n) is 27.3. The Morgan fingerprint density at radius 1 is 0.469 bits per heavy atom. The van der Waals surface area contributed by atoms with Crippen LogP contribution in [0.2, 0.25) is 0 Å². The van der Waals surface area contributed by atoms with Crippen molar-refractivity contribution in [3.05, 3.63) is 163 Å².